The van der Waals surface area contributed by atoms with E-state index in [1.807, 2.05) is 6.92 Å². The van der Waals surface area contributed by atoms with Crippen LogP contribution < -0.4 is 14.8 Å². The van der Waals surface area contributed by atoms with Crippen LogP contribution in [0.1, 0.15) is 41.5 Å². The van der Waals surface area contributed by atoms with E-state index in [9.17, 15) is 14.4 Å². The van der Waals surface area contributed by atoms with Gasteiger partial charge in [0.05, 0.1) is 30.9 Å². The van der Waals surface area contributed by atoms with Crippen LogP contribution in [0.15, 0.2) is 42.5 Å². The third-order valence-corrected chi connectivity index (χ3v) is 3.75. The number of ether oxygens (including phenoxy) is 4. The highest BCUT2D eigenvalue weighted by Crippen LogP contribution is 2.20. The number of benzene rings is 2. The van der Waals surface area contributed by atoms with E-state index >= 15 is 0 Å². The average Bonchev–Trinajstić information content (AvgIpc) is 2.74. The molecule has 1 N–H and O–H groups in total. The van der Waals surface area contributed by atoms with Crippen molar-refractivity contribution in [3.63, 3.8) is 0 Å². The van der Waals surface area contributed by atoms with Crippen LogP contribution >= 0.6 is 0 Å². The van der Waals surface area contributed by atoms with Crippen LogP contribution in [0.4, 0.5) is 5.69 Å². The van der Waals surface area contributed by atoms with Crippen LogP contribution in [-0.2, 0) is 14.3 Å². The zero-order chi connectivity index (χ0) is 21.9. The number of esters is 2. The van der Waals surface area contributed by atoms with Crippen molar-refractivity contribution >= 4 is 23.5 Å². The first-order valence-electron chi connectivity index (χ1n) is 9.61. The molecule has 2 rings (SSSR count). The SMILES string of the molecule is CCOC(=O)c1cc(OCC(=O)Nc2ccc(OCC)cc2)cc(C(=O)OCC)c1. The first-order chi connectivity index (χ1) is 14.5. The molecule has 0 aromatic heterocycles. The molecule has 2 aromatic carbocycles. The van der Waals surface area contributed by atoms with E-state index in [-0.39, 0.29) is 36.7 Å². The Labute approximate surface area is 175 Å². The molecule has 0 fully saturated rings. The van der Waals surface area contributed by atoms with Crippen molar-refractivity contribution in [1.29, 1.82) is 0 Å². The summed E-state index contributed by atoms with van der Waals surface area (Å²) in [5.74, 6) is -0.738. The fraction of sp³-hybridized carbons (Fsp3) is 0.318. The smallest absolute Gasteiger partial charge is 0.338 e. The maximum atomic E-state index is 12.2. The van der Waals surface area contributed by atoms with E-state index in [0.29, 0.717) is 18.0 Å². The third-order valence-electron chi connectivity index (χ3n) is 3.75. The lowest BCUT2D eigenvalue weighted by atomic mass is 10.1. The Hall–Kier alpha value is -3.55. The molecule has 0 unspecified atom stereocenters. The minimum Gasteiger partial charge on any atom is -0.494 e. The minimum atomic E-state index is -0.604. The quantitative estimate of drug-likeness (QED) is 0.593. The van der Waals surface area contributed by atoms with Crippen molar-refractivity contribution in [3.8, 4) is 11.5 Å². The van der Waals surface area contributed by atoms with Gasteiger partial charge in [-0.2, -0.15) is 0 Å². The number of carbonyl (C=O) groups excluding carboxylic acids is 3. The summed E-state index contributed by atoms with van der Waals surface area (Å²) in [5.41, 5.74) is 0.841. The number of hydrogen-bond donors (Lipinski definition) is 1. The maximum Gasteiger partial charge on any atom is 0.338 e. The van der Waals surface area contributed by atoms with E-state index in [1.165, 1.54) is 18.2 Å². The van der Waals surface area contributed by atoms with Crippen molar-refractivity contribution in [2.24, 2.45) is 0 Å². The van der Waals surface area contributed by atoms with Gasteiger partial charge in [0, 0.05) is 5.69 Å². The Balaban J connectivity index is 2.07. The van der Waals surface area contributed by atoms with Gasteiger partial charge in [0.2, 0.25) is 0 Å². The zero-order valence-electron chi connectivity index (χ0n) is 17.2. The molecule has 0 radical (unpaired) electrons. The van der Waals surface area contributed by atoms with Gasteiger partial charge in [-0.25, -0.2) is 9.59 Å². The first-order valence-corrected chi connectivity index (χ1v) is 9.61. The summed E-state index contributed by atoms with van der Waals surface area (Å²) < 4.78 is 20.8. The lowest BCUT2D eigenvalue weighted by Gasteiger charge is -2.11. The number of rotatable bonds is 10. The molecule has 8 heteroatoms. The van der Waals surface area contributed by atoms with Crippen molar-refractivity contribution in [3.05, 3.63) is 53.6 Å². The standard InChI is InChI=1S/C22H25NO7/c1-4-27-18-9-7-17(8-10-18)23-20(24)14-30-19-12-15(21(25)28-5-2)11-16(13-19)22(26)29-6-3/h7-13H,4-6,14H2,1-3H3,(H,23,24). The van der Waals surface area contributed by atoms with Gasteiger partial charge >= 0.3 is 11.9 Å². The van der Waals surface area contributed by atoms with E-state index in [0.717, 1.165) is 0 Å². The molecule has 30 heavy (non-hydrogen) atoms. The van der Waals surface area contributed by atoms with Crippen LogP contribution in [0.2, 0.25) is 0 Å². The predicted molar refractivity (Wildman–Crippen MR) is 110 cm³/mol. The molecule has 1 amide bonds. The number of hydrogen-bond acceptors (Lipinski definition) is 7. The van der Waals surface area contributed by atoms with Gasteiger partial charge in [-0.3, -0.25) is 4.79 Å². The van der Waals surface area contributed by atoms with Gasteiger partial charge in [0.25, 0.3) is 5.91 Å². The van der Waals surface area contributed by atoms with E-state index in [4.69, 9.17) is 18.9 Å². The second-order valence-electron chi connectivity index (χ2n) is 5.98. The van der Waals surface area contributed by atoms with Crippen molar-refractivity contribution in [2.45, 2.75) is 20.8 Å². The van der Waals surface area contributed by atoms with Crippen LogP contribution in [0, 0.1) is 0 Å². The fourth-order valence-electron chi connectivity index (χ4n) is 2.49. The molecular formula is C22H25NO7. The van der Waals surface area contributed by atoms with Gasteiger partial charge in [-0.05, 0) is 63.2 Å². The van der Waals surface area contributed by atoms with Gasteiger partial charge in [0.15, 0.2) is 6.61 Å². The number of nitrogens with one attached hydrogen (secondary N) is 1. The minimum absolute atomic E-state index is 0.129. The molecular weight excluding hydrogens is 390 g/mol. The second-order valence-corrected chi connectivity index (χ2v) is 5.98. The Bertz CT molecular complexity index is 841. The highest BCUT2D eigenvalue weighted by Gasteiger charge is 2.16. The predicted octanol–water partition coefficient (Wildman–Crippen LogP) is 3.46. The van der Waals surface area contributed by atoms with Gasteiger partial charge < -0.3 is 24.3 Å². The van der Waals surface area contributed by atoms with Crippen molar-refractivity contribution in [1.82, 2.24) is 0 Å². The molecule has 0 spiro atoms. The summed E-state index contributed by atoms with van der Waals surface area (Å²) in [5, 5.41) is 2.69. The van der Waals surface area contributed by atoms with Gasteiger partial charge in [-0.15, -0.1) is 0 Å². The molecule has 0 aliphatic rings. The summed E-state index contributed by atoms with van der Waals surface area (Å²) in [6.07, 6.45) is 0. The molecule has 160 valence electrons. The molecule has 0 atom stereocenters. The summed E-state index contributed by atoms with van der Waals surface area (Å²) in [6, 6.07) is 11.1. The fourth-order valence-corrected chi connectivity index (χ4v) is 2.49. The van der Waals surface area contributed by atoms with Crippen molar-refractivity contribution < 1.29 is 33.3 Å². The summed E-state index contributed by atoms with van der Waals surface area (Å²) in [4.78, 5) is 36.3. The van der Waals surface area contributed by atoms with Gasteiger partial charge in [0.1, 0.15) is 11.5 Å². The first kappa shape index (κ1) is 22.7. The molecule has 0 aliphatic carbocycles. The number of carbonyl (C=O) groups is 3. The Kier molecular flexibility index (Phi) is 8.68. The summed E-state index contributed by atoms with van der Waals surface area (Å²) in [7, 11) is 0. The van der Waals surface area contributed by atoms with Crippen LogP contribution in [0.3, 0.4) is 0 Å². The molecule has 8 nitrogen and oxygen atoms in total. The zero-order valence-corrected chi connectivity index (χ0v) is 17.2. The highest BCUT2D eigenvalue weighted by molar-refractivity contribution is 5.96. The average molecular weight is 415 g/mol. The van der Waals surface area contributed by atoms with Crippen LogP contribution in [-0.4, -0.2) is 44.3 Å². The molecule has 0 aliphatic heterocycles. The summed E-state index contributed by atoms with van der Waals surface area (Å²) in [6.45, 7) is 5.84. The largest absolute Gasteiger partial charge is 0.494 e. The molecule has 0 heterocycles. The van der Waals surface area contributed by atoms with E-state index in [1.54, 1.807) is 38.1 Å². The molecule has 0 bridgehead atoms. The number of anilines is 1. The van der Waals surface area contributed by atoms with Crippen molar-refractivity contribution in [2.75, 3.05) is 31.7 Å². The lowest BCUT2D eigenvalue weighted by Crippen LogP contribution is -2.20. The second kappa shape index (κ2) is 11.5. The molecule has 0 saturated carbocycles. The van der Waals surface area contributed by atoms with E-state index in [2.05, 4.69) is 5.32 Å². The number of amides is 1. The lowest BCUT2D eigenvalue weighted by molar-refractivity contribution is -0.118. The Morgan fingerprint density at radius 3 is 1.80 bits per heavy atom. The third kappa shape index (κ3) is 6.80. The highest BCUT2D eigenvalue weighted by atomic mass is 16.5. The van der Waals surface area contributed by atoms with E-state index < -0.39 is 17.8 Å². The monoisotopic (exact) mass is 415 g/mol. The Morgan fingerprint density at radius 2 is 1.30 bits per heavy atom. The summed E-state index contributed by atoms with van der Waals surface area (Å²) >= 11 is 0. The van der Waals surface area contributed by atoms with Crippen LogP contribution in [0.25, 0.3) is 0 Å². The molecule has 2 aromatic rings. The van der Waals surface area contributed by atoms with Crippen LogP contribution in [0.5, 0.6) is 11.5 Å². The normalized spacial score (nSPS) is 10.1. The maximum absolute atomic E-state index is 12.2. The topological polar surface area (TPSA) is 100 Å². The molecule has 0 saturated heterocycles. The Morgan fingerprint density at radius 1 is 0.733 bits per heavy atom. The van der Waals surface area contributed by atoms with Gasteiger partial charge in [-0.1, -0.05) is 0 Å².